The van der Waals surface area contributed by atoms with Gasteiger partial charge in [0.25, 0.3) is 0 Å². The van der Waals surface area contributed by atoms with Crippen LogP contribution in [0.15, 0.2) is 41.2 Å². The number of aromatic nitrogens is 4. The van der Waals surface area contributed by atoms with Crippen molar-refractivity contribution in [2.24, 2.45) is 5.41 Å². The Bertz CT molecular complexity index is 1200. The van der Waals surface area contributed by atoms with Gasteiger partial charge in [-0.25, -0.2) is 9.97 Å². The zero-order valence-corrected chi connectivity index (χ0v) is 21.5. The number of anilines is 1. The highest BCUT2D eigenvalue weighted by Gasteiger charge is 2.52. The molecule has 8 heteroatoms. The quantitative estimate of drug-likeness (QED) is 0.440. The predicted molar refractivity (Wildman–Crippen MR) is 136 cm³/mol. The van der Waals surface area contributed by atoms with E-state index in [1.54, 1.807) is 0 Å². The third kappa shape index (κ3) is 4.05. The van der Waals surface area contributed by atoms with E-state index in [1.165, 1.54) is 24.9 Å². The first-order valence-electron chi connectivity index (χ1n) is 13.1. The van der Waals surface area contributed by atoms with Crippen LogP contribution in [-0.4, -0.2) is 53.5 Å². The van der Waals surface area contributed by atoms with Gasteiger partial charge in [0, 0.05) is 42.7 Å². The second-order valence-corrected chi connectivity index (χ2v) is 11.4. The standard InChI is InChI=1S/C28H35N5O3/c1-4-35-25-29-15-21(16-30-25)20-6-5-7-22(14-20)33(3)17-27-8-11-28(12-9-27,13-10-27)23-31-24(36-32-23)26(2)18-34-19-26/h5-7,14-16H,4,8-13,17-19H2,1-3H3. The molecule has 3 heterocycles. The highest BCUT2D eigenvalue weighted by molar-refractivity contribution is 5.67. The predicted octanol–water partition coefficient (Wildman–Crippen LogP) is 4.94. The van der Waals surface area contributed by atoms with Crippen molar-refractivity contribution < 1.29 is 14.0 Å². The topological polar surface area (TPSA) is 86.4 Å². The summed E-state index contributed by atoms with van der Waals surface area (Å²) in [5, 5.41) is 4.47. The van der Waals surface area contributed by atoms with E-state index in [0.29, 0.717) is 31.2 Å². The molecule has 1 aromatic carbocycles. The van der Waals surface area contributed by atoms with Gasteiger partial charge in [0.1, 0.15) is 0 Å². The number of ether oxygens (including phenoxy) is 2. The molecule has 2 bridgehead atoms. The second-order valence-electron chi connectivity index (χ2n) is 11.4. The Balaban J connectivity index is 1.13. The molecule has 3 aliphatic carbocycles. The van der Waals surface area contributed by atoms with E-state index in [-0.39, 0.29) is 10.8 Å². The van der Waals surface area contributed by atoms with Crippen molar-refractivity contribution in [1.29, 1.82) is 0 Å². The summed E-state index contributed by atoms with van der Waals surface area (Å²) >= 11 is 0. The Labute approximate surface area is 212 Å². The Kier molecular flexibility index (Phi) is 5.74. The number of nitrogens with zero attached hydrogens (tertiary/aromatic N) is 5. The van der Waals surface area contributed by atoms with Crippen molar-refractivity contribution in [3.05, 3.63) is 48.4 Å². The third-order valence-electron chi connectivity index (χ3n) is 8.75. The van der Waals surface area contributed by atoms with E-state index in [4.69, 9.17) is 19.0 Å². The van der Waals surface area contributed by atoms with Crippen LogP contribution in [0.5, 0.6) is 6.01 Å². The normalized spacial score (nSPS) is 26.4. The molecule has 4 aliphatic rings. The first kappa shape index (κ1) is 23.4. The van der Waals surface area contributed by atoms with Crippen LogP contribution in [0.4, 0.5) is 5.69 Å². The van der Waals surface area contributed by atoms with Crippen LogP contribution >= 0.6 is 0 Å². The van der Waals surface area contributed by atoms with Gasteiger partial charge in [-0.2, -0.15) is 4.98 Å². The summed E-state index contributed by atoms with van der Waals surface area (Å²) in [5.74, 6) is 1.68. The zero-order chi connectivity index (χ0) is 24.8. The molecular weight excluding hydrogens is 454 g/mol. The molecule has 0 amide bonds. The first-order valence-corrected chi connectivity index (χ1v) is 13.1. The monoisotopic (exact) mass is 489 g/mol. The van der Waals surface area contributed by atoms with Gasteiger partial charge >= 0.3 is 6.01 Å². The Morgan fingerprint density at radius 2 is 1.72 bits per heavy atom. The van der Waals surface area contributed by atoms with Crippen LogP contribution < -0.4 is 9.64 Å². The molecule has 1 saturated heterocycles. The fourth-order valence-electron chi connectivity index (χ4n) is 6.24. The molecule has 7 rings (SSSR count). The van der Waals surface area contributed by atoms with E-state index in [0.717, 1.165) is 48.6 Å². The Hall–Kier alpha value is -3.00. The van der Waals surface area contributed by atoms with Crippen LogP contribution in [0.2, 0.25) is 0 Å². The van der Waals surface area contributed by atoms with E-state index in [2.05, 4.69) is 58.3 Å². The van der Waals surface area contributed by atoms with Crippen molar-refractivity contribution >= 4 is 5.69 Å². The lowest BCUT2D eigenvalue weighted by Crippen LogP contribution is -2.49. The Morgan fingerprint density at radius 3 is 2.36 bits per heavy atom. The summed E-state index contributed by atoms with van der Waals surface area (Å²) < 4.78 is 16.5. The van der Waals surface area contributed by atoms with E-state index in [1.807, 2.05) is 19.3 Å². The lowest BCUT2D eigenvalue weighted by atomic mass is 9.53. The summed E-state index contributed by atoms with van der Waals surface area (Å²) in [6.45, 7) is 7.04. The molecular formula is C28H35N5O3. The van der Waals surface area contributed by atoms with Gasteiger partial charge in [-0.1, -0.05) is 17.3 Å². The van der Waals surface area contributed by atoms with Gasteiger partial charge in [0.15, 0.2) is 5.82 Å². The molecule has 4 fully saturated rings. The number of benzene rings is 1. The van der Waals surface area contributed by atoms with Gasteiger partial charge < -0.3 is 18.9 Å². The summed E-state index contributed by atoms with van der Waals surface area (Å²) in [6, 6.07) is 9.07. The van der Waals surface area contributed by atoms with Crippen LogP contribution in [0.3, 0.4) is 0 Å². The zero-order valence-electron chi connectivity index (χ0n) is 21.5. The van der Waals surface area contributed by atoms with Crippen molar-refractivity contribution in [3.63, 3.8) is 0 Å². The molecule has 3 aromatic rings. The molecule has 0 unspecified atom stereocenters. The summed E-state index contributed by atoms with van der Waals surface area (Å²) in [6.07, 6.45) is 10.7. The van der Waals surface area contributed by atoms with Gasteiger partial charge in [0.2, 0.25) is 5.89 Å². The smallest absolute Gasteiger partial charge is 0.316 e. The number of hydrogen-bond acceptors (Lipinski definition) is 8. The average Bonchev–Trinajstić information content (AvgIpc) is 3.41. The fourth-order valence-corrected chi connectivity index (χ4v) is 6.24. The van der Waals surface area contributed by atoms with Gasteiger partial charge in [-0.3, -0.25) is 0 Å². The van der Waals surface area contributed by atoms with Gasteiger partial charge in [-0.05, 0) is 75.5 Å². The molecule has 0 atom stereocenters. The van der Waals surface area contributed by atoms with Crippen molar-refractivity contribution in [1.82, 2.24) is 20.1 Å². The summed E-state index contributed by atoms with van der Waals surface area (Å²) in [4.78, 5) is 16.0. The van der Waals surface area contributed by atoms with E-state index >= 15 is 0 Å². The SMILES string of the molecule is CCOc1ncc(-c2cccc(N(C)CC34CCC(c5noc(C6(C)COC6)n5)(CC3)CC4)c2)cn1. The van der Waals surface area contributed by atoms with Gasteiger partial charge in [-0.15, -0.1) is 0 Å². The molecule has 0 radical (unpaired) electrons. The number of hydrogen-bond donors (Lipinski definition) is 0. The molecule has 0 N–H and O–H groups in total. The second kappa shape index (κ2) is 8.83. The average molecular weight is 490 g/mol. The lowest BCUT2D eigenvalue weighted by Gasteiger charge is -2.53. The van der Waals surface area contributed by atoms with Gasteiger partial charge in [0.05, 0.1) is 25.2 Å². The Morgan fingerprint density at radius 1 is 1.00 bits per heavy atom. The first-order chi connectivity index (χ1) is 17.4. The number of fused-ring (bicyclic) bond motifs is 3. The molecule has 8 nitrogen and oxygen atoms in total. The van der Waals surface area contributed by atoms with Crippen LogP contribution in [0.25, 0.3) is 11.1 Å². The maximum absolute atomic E-state index is 5.72. The minimum atomic E-state index is -0.107. The summed E-state index contributed by atoms with van der Waals surface area (Å²) in [5.41, 5.74) is 3.64. The van der Waals surface area contributed by atoms with Crippen molar-refractivity contribution in [3.8, 4) is 17.1 Å². The molecule has 1 aliphatic heterocycles. The van der Waals surface area contributed by atoms with E-state index < -0.39 is 0 Å². The summed E-state index contributed by atoms with van der Waals surface area (Å²) in [7, 11) is 2.21. The highest BCUT2D eigenvalue weighted by Crippen LogP contribution is 2.57. The van der Waals surface area contributed by atoms with Crippen LogP contribution in [0.1, 0.15) is 64.1 Å². The minimum Gasteiger partial charge on any atom is -0.464 e. The molecule has 2 aromatic heterocycles. The largest absolute Gasteiger partial charge is 0.464 e. The molecule has 3 saturated carbocycles. The maximum Gasteiger partial charge on any atom is 0.316 e. The molecule has 190 valence electrons. The van der Waals surface area contributed by atoms with Crippen molar-refractivity contribution in [2.75, 3.05) is 38.3 Å². The maximum atomic E-state index is 5.72. The van der Waals surface area contributed by atoms with Crippen molar-refractivity contribution in [2.45, 2.75) is 63.2 Å². The van der Waals surface area contributed by atoms with E-state index in [9.17, 15) is 0 Å². The molecule has 0 spiro atoms. The fraction of sp³-hybridized carbons (Fsp3) is 0.571. The lowest BCUT2D eigenvalue weighted by molar-refractivity contribution is -0.0644. The third-order valence-corrected chi connectivity index (χ3v) is 8.75. The molecule has 36 heavy (non-hydrogen) atoms. The minimum absolute atomic E-state index is 0.0800. The van der Waals surface area contributed by atoms with Crippen LogP contribution in [0, 0.1) is 5.41 Å². The highest BCUT2D eigenvalue weighted by atomic mass is 16.5. The van der Waals surface area contributed by atoms with Crippen LogP contribution in [-0.2, 0) is 15.6 Å². The number of rotatable bonds is 8.